The van der Waals surface area contributed by atoms with E-state index in [0.717, 1.165) is 49.0 Å². The molecule has 35 heavy (non-hydrogen) atoms. The van der Waals surface area contributed by atoms with E-state index in [2.05, 4.69) is 39.1 Å². The highest BCUT2D eigenvalue weighted by atomic mass is 16.5. The second-order valence-corrected chi connectivity index (χ2v) is 8.96. The van der Waals surface area contributed by atoms with Gasteiger partial charge in [0, 0.05) is 19.3 Å². The van der Waals surface area contributed by atoms with Crippen LogP contribution in [0.15, 0.2) is 69.2 Å². The molecule has 1 aliphatic rings. The van der Waals surface area contributed by atoms with E-state index in [0.29, 0.717) is 18.2 Å². The van der Waals surface area contributed by atoms with Gasteiger partial charge in [0.05, 0.1) is 13.7 Å². The number of likely N-dealkylation sites (tertiary alicyclic amines) is 1. The summed E-state index contributed by atoms with van der Waals surface area (Å²) in [6.07, 6.45) is 4.56. The fraction of sp³-hybridized carbons (Fsp3) is 0.370. The molecule has 0 aliphatic carbocycles. The molecule has 1 fully saturated rings. The smallest absolute Gasteiger partial charge is 0.331 e. The normalized spacial score (nSPS) is 15.0. The lowest BCUT2D eigenvalue weighted by Crippen LogP contribution is -2.33. The van der Waals surface area contributed by atoms with Crippen LogP contribution in [0.3, 0.4) is 0 Å². The molecule has 4 rings (SSSR count). The minimum atomic E-state index is -0.664. The van der Waals surface area contributed by atoms with Crippen molar-refractivity contribution in [2.75, 3.05) is 26.7 Å². The Balaban J connectivity index is 1.32. The molecular weight excluding hydrogens is 444 g/mol. The van der Waals surface area contributed by atoms with Crippen LogP contribution < -0.4 is 16.0 Å². The van der Waals surface area contributed by atoms with Crippen molar-refractivity contribution in [1.29, 1.82) is 0 Å². The van der Waals surface area contributed by atoms with Crippen LogP contribution in [0.2, 0.25) is 0 Å². The first-order valence-electron chi connectivity index (χ1n) is 12.0. The zero-order chi connectivity index (χ0) is 24.6. The Morgan fingerprint density at radius 3 is 2.40 bits per heavy atom. The second-order valence-electron chi connectivity index (χ2n) is 8.96. The predicted octanol–water partition coefficient (Wildman–Crippen LogP) is 3.02. The number of rotatable bonds is 9. The summed E-state index contributed by atoms with van der Waals surface area (Å²) in [6, 6.07) is 17.7. The first-order chi connectivity index (χ1) is 17.0. The van der Waals surface area contributed by atoms with Crippen LogP contribution in [-0.2, 0) is 13.1 Å². The molecule has 1 saturated heterocycles. The van der Waals surface area contributed by atoms with Crippen LogP contribution in [0.25, 0.3) is 0 Å². The molecule has 1 aromatic heterocycles. The summed E-state index contributed by atoms with van der Waals surface area (Å²) < 4.78 is 6.28. The molecule has 0 unspecified atom stereocenters. The van der Waals surface area contributed by atoms with Crippen molar-refractivity contribution < 1.29 is 9.84 Å². The molecule has 2 heterocycles. The van der Waals surface area contributed by atoms with E-state index in [1.807, 2.05) is 6.07 Å². The number of hydrogen-bond acceptors (Lipinski definition) is 6. The van der Waals surface area contributed by atoms with Crippen molar-refractivity contribution in [1.82, 2.24) is 14.5 Å². The summed E-state index contributed by atoms with van der Waals surface area (Å²) in [7, 11) is 1.58. The molecule has 0 amide bonds. The van der Waals surface area contributed by atoms with Crippen LogP contribution in [0.5, 0.6) is 11.6 Å². The fourth-order valence-electron chi connectivity index (χ4n) is 4.44. The summed E-state index contributed by atoms with van der Waals surface area (Å²) in [5.41, 5.74) is 0.820. The van der Waals surface area contributed by atoms with Gasteiger partial charge in [-0.1, -0.05) is 42.5 Å². The van der Waals surface area contributed by atoms with Gasteiger partial charge < -0.3 is 9.84 Å². The molecule has 0 atom stereocenters. The third kappa shape index (κ3) is 6.48. The molecule has 2 N–H and O–H groups in total. The van der Waals surface area contributed by atoms with Crippen molar-refractivity contribution in [2.24, 2.45) is 10.9 Å². The Morgan fingerprint density at radius 2 is 1.71 bits per heavy atom. The van der Waals surface area contributed by atoms with Crippen LogP contribution in [0.1, 0.15) is 36.0 Å². The fourth-order valence-corrected chi connectivity index (χ4v) is 4.44. The summed E-state index contributed by atoms with van der Waals surface area (Å²) in [4.78, 5) is 33.7. The number of ether oxygens (including phenoxy) is 1. The largest absolute Gasteiger partial charge is 0.497 e. The maximum Gasteiger partial charge on any atom is 0.331 e. The summed E-state index contributed by atoms with van der Waals surface area (Å²) in [5.74, 6) is 0.907. The maximum absolute atomic E-state index is 12.3. The Kier molecular flexibility index (Phi) is 8.15. The highest BCUT2D eigenvalue weighted by molar-refractivity contribution is 5.81. The molecule has 184 valence electrons. The molecule has 0 spiro atoms. The van der Waals surface area contributed by atoms with Gasteiger partial charge in [-0.3, -0.25) is 24.2 Å². The molecule has 3 aromatic rings. The second kappa shape index (κ2) is 11.7. The first kappa shape index (κ1) is 24.5. The number of aliphatic imine (C=N–C) groups is 1. The monoisotopic (exact) mass is 476 g/mol. The average Bonchev–Trinajstić information content (AvgIpc) is 2.88. The number of aromatic hydroxyl groups is 1. The third-order valence-electron chi connectivity index (χ3n) is 6.55. The van der Waals surface area contributed by atoms with Crippen molar-refractivity contribution >= 4 is 6.21 Å². The maximum atomic E-state index is 12.3. The van der Waals surface area contributed by atoms with Gasteiger partial charge in [0.25, 0.3) is 5.56 Å². The highest BCUT2D eigenvalue weighted by Crippen LogP contribution is 2.22. The summed E-state index contributed by atoms with van der Waals surface area (Å²) in [5, 5.41) is 10.6. The average molecular weight is 477 g/mol. The number of nitrogens with one attached hydrogen (secondary N) is 1. The molecule has 0 bridgehead atoms. The quantitative estimate of drug-likeness (QED) is 0.463. The first-order valence-corrected chi connectivity index (χ1v) is 12.0. The topological polar surface area (TPSA) is 99.9 Å². The highest BCUT2D eigenvalue weighted by Gasteiger charge is 2.19. The van der Waals surface area contributed by atoms with E-state index < -0.39 is 11.2 Å². The van der Waals surface area contributed by atoms with E-state index in [1.165, 1.54) is 11.8 Å². The van der Waals surface area contributed by atoms with Gasteiger partial charge in [-0.15, -0.1) is 0 Å². The Bertz CT molecular complexity index is 1240. The lowest BCUT2D eigenvalue weighted by Gasteiger charge is -2.31. The number of hydrogen-bond donors (Lipinski definition) is 2. The summed E-state index contributed by atoms with van der Waals surface area (Å²) >= 11 is 0. The van der Waals surface area contributed by atoms with Crippen LogP contribution >= 0.6 is 0 Å². The van der Waals surface area contributed by atoms with Gasteiger partial charge >= 0.3 is 5.69 Å². The van der Waals surface area contributed by atoms with Gasteiger partial charge in [0.15, 0.2) is 0 Å². The van der Waals surface area contributed by atoms with Crippen molar-refractivity contribution in [3.8, 4) is 11.6 Å². The van der Waals surface area contributed by atoms with E-state index >= 15 is 0 Å². The molecule has 2 aromatic carbocycles. The summed E-state index contributed by atoms with van der Waals surface area (Å²) in [6.45, 7) is 3.81. The number of H-pyrrole nitrogens is 1. The van der Waals surface area contributed by atoms with E-state index in [9.17, 15) is 14.7 Å². The van der Waals surface area contributed by atoms with Crippen molar-refractivity contribution in [2.45, 2.75) is 32.4 Å². The molecule has 0 radical (unpaired) electrons. The van der Waals surface area contributed by atoms with E-state index in [4.69, 9.17) is 4.74 Å². The lowest BCUT2D eigenvalue weighted by atomic mass is 9.93. The van der Waals surface area contributed by atoms with E-state index in [-0.39, 0.29) is 18.0 Å². The number of aromatic nitrogens is 2. The number of methoxy groups -OCH3 is 1. The van der Waals surface area contributed by atoms with Gasteiger partial charge in [-0.25, -0.2) is 4.79 Å². The van der Waals surface area contributed by atoms with Crippen molar-refractivity contribution in [3.05, 3.63) is 92.1 Å². The van der Waals surface area contributed by atoms with Gasteiger partial charge in [0.2, 0.25) is 5.88 Å². The zero-order valence-electron chi connectivity index (χ0n) is 20.0. The Labute approximate surface area is 204 Å². The van der Waals surface area contributed by atoms with Crippen molar-refractivity contribution in [3.63, 3.8) is 0 Å². The van der Waals surface area contributed by atoms with E-state index in [1.54, 1.807) is 31.4 Å². The van der Waals surface area contributed by atoms with Crippen LogP contribution in [0, 0.1) is 5.92 Å². The Morgan fingerprint density at radius 1 is 1.03 bits per heavy atom. The standard InChI is InChI=1S/C27H32N4O4/c1-35-23-9-7-22(8-10-23)19-31-26(33)24(25(32)29-27(31)34)17-28-14-11-20-12-15-30(16-13-20)18-21-5-3-2-4-6-21/h2-10,17,20,33H,11-16,18-19H2,1H3,(H,29,32,34). The lowest BCUT2D eigenvalue weighted by molar-refractivity contribution is 0.173. The number of nitrogens with zero attached hydrogens (tertiary/aromatic N) is 3. The minimum Gasteiger partial charge on any atom is -0.497 e. The van der Waals surface area contributed by atoms with Gasteiger partial charge in [-0.05, 0) is 61.5 Å². The zero-order valence-corrected chi connectivity index (χ0v) is 20.0. The molecular formula is C27H32N4O4. The molecule has 0 saturated carbocycles. The third-order valence-corrected chi connectivity index (χ3v) is 6.55. The minimum absolute atomic E-state index is 0.00390. The number of benzene rings is 2. The molecule has 1 aliphatic heterocycles. The van der Waals surface area contributed by atoms with Crippen LogP contribution in [0.4, 0.5) is 0 Å². The van der Waals surface area contributed by atoms with Gasteiger partial charge in [0.1, 0.15) is 11.3 Å². The number of piperidine rings is 1. The number of aromatic amines is 1. The molecule has 8 heteroatoms. The molecule has 8 nitrogen and oxygen atoms in total. The van der Waals surface area contributed by atoms with Crippen LogP contribution in [-0.4, -0.2) is 52.5 Å². The Hall–Kier alpha value is -3.65. The SMILES string of the molecule is COc1ccc(Cn2c(O)c(C=NCCC3CCN(Cc4ccccc4)CC3)c(=O)[nH]c2=O)cc1. The predicted molar refractivity (Wildman–Crippen MR) is 137 cm³/mol. The van der Waals surface area contributed by atoms with Gasteiger partial charge in [-0.2, -0.15) is 0 Å².